The third-order valence-electron chi connectivity index (χ3n) is 2.25. The average Bonchev–Trinajstić information content (AvgIpc) is 2.85. The lowest BCUT2D eigenvalue weighted by atomic mass is 10.2. The normalized spacial score (nSPS) is 10.1. The van der Waals surface area contributed by atoms with E-state index in [0.29, 0.717) is 17.2 Å². The van der Waals surface area contributed by atoms with E-state index in [9.17, 15) is 4.79 Å². The summed E-state index contributed by atoms with van der Waals surface area (Å²) in [6, 6.07) is 5.08. The number of aromatic nitrogens is 2. The van der Waals surface area contributed by atoms with Gasteiger partial charge in [-0.25, -0.2) is 0 Å². The lowest BCUT2D eigenvalue weighted by Gasteiger charge is -2.10. The summed E-state index contributed by atoms with van der Waals surface area (Å²) in [7, 11) is 3.05. The molecular weight excluding hydrogens is 290 g/mol. The van der Waals surface area contributed by atoms with Crippen LogP contribution in [0.4, 0.5) is 5.69 Å². The van der Waals surface area contributed by atoms with Gasteiger partial charge >= 0.3 is 0 Å². The van der Waals surface area contributed by atoms with E-state index in [1.807, 2.05) is 0 Å². The number of ether oxygens (including phenoxy) is 2. The van der Waals surface area contributed by atoms with Crippen molar-refractivity contribution in [1.29, 1.82) is 0 Å². The van der Waals surface area contributed by atoms with Crippen LogP contribution in [0.5, 0.6) is 11.5 Å². The largest absolute Gasteiger partial charge is 0.497 e. The first-order valence-electron chi connectivity index (χ1n) is 5.16. The molecule has 1 heterocycles. The van der Waals surface area contributed by atoms with Gasteiger partial charge in [-0.05, 0) is 23.7 Å². The lowest BCUT2D eigenvalue weighted by molar-refractivity contribution is 0.102. The molecule has 8 heteroatoms. The third kappa shape index (κ3) is 3.12. The molecule has 2 aromatic rings. The molecule has 0 fully saturated rings. The van der Waals surface area contributed by atoms with Crippen LogP contribution in [0.15, 0.2) is 18.2 Å². The van der Waals surface area contributed by atoms with Crippen LogP contribution < -0.4 is 14.8 Å². The van der Waals surface area contributed by atoms with Crippen LogP contribution in [0.25, 0.3) is 0 Å². The van der Waals surface area contributed by atoms with Crippen molar-refractivity contribution in [1.82, 2.24) is 10.2 Å². The van der Waals surface area contributed by atoms with Gasteiger partial charge in [0, 0.05) is 6.07 Å². The minimum atomic E-state index is -0.407. The Hall–Kier alpha value is -1.86. The number of halogens is 1. The molecule has 1 aromatic carbocycles. The number of amides is 1. The predicted octanol–water partition coefficient (Wildman–Crippen LogP) is 2.46. The highest BCUT2D eigenvalue weighted by Crippen LogP contribution is 2.29. The minimum Gasteiger partial charge on any atom is -0.497 e. The Morgan fingerprint density at radius 3 is 2.68 bits per heavy atom. The van der Waals surface area contributed by atoms with E-state index in [1.165, 1.54) is 14.2 Å². The second-order valence-corrected chi connectivity index (χ2v) is 4.94. The van der Waals surface area contributed by atoms with E-state index in [1.54, 1.807) is 18.2 Å². The Kier molecular flexibility index (Phi) is 4.18. The molecule has 2 rings (SSSR count). The standard InChI is InChI=1S/C11H10ClN3O3S/c1-17-6-3-4-8(18-2)7(5-6)13-9(16)10-14-15-11(12)19-10/h3-5H,1-2H3,(H,13,16). The van der Waals surface area contributed by atoms with E-state index in [2.05, 4.69) is 15.5 Å². The molecule has 0 aliphatic rings. The maximum Gasteiger partial charge on any atom is 0.286 e. The maximum absolute atomic E-state index is 11.9. The van der Waals surface area contributed by atoms with Crippen LogP contribution in [0.1, 0.15) is 9.80 Å². The van der Waals surface area contributed by atoms with Crippen LogP contribution in [-0.2, 0) is 0 Å². The molecule has 1 amide bonds. The van der Waals surface area contributed by atoms with Crippen molar-refractivity contribution in [2.45, 2.75) is 0 Å². The predicted molar refractivity (Wildman–Crippen MR) is 72.4 cm³/mol. The van der Waals surface area contributed by atoms with E-state index in [-0.39, 0.29) is 9.47 Å². The fraction of sp³-hybridized carbons (Fsp3) is 0.182. The van der Waals surface area contributed by atoms with Crippen LogP contribution >= 0.6 is 22.9 Å². The smallest absolute Gasteiger partial charge is 0.286 e. The number of hydrogen-bond acceptors (Lipinski definition) is 6. The molecule has 0 saturated carbocycles. The Labute approximate surface area is 118 Å². The zero-order chi connectivity index (χ0) is 13.8. The van der Waals surface area contributed by atoms with Crippen molar-refractivity contribution in [3.8, 4) is 11.5 Å². The third-order valence-corrected chi connectivity index (χ3v) is 3.27. The summed E-state index contributed by atoms with van der Waals surface area (Å²) in [5.41, 5.74) is 0.484. The van der Waals surface area contributed by atoms with Gasteiger partial charge in [0.2, 0.25) is 9.47 Å². The minimum absolute atomic E-state index is 0.176. The number of hydrogen-bond donors (Lipinski definition) is 1. The van der Waals surface area contributed by atoms with E-state index in [4.69, 9.17) is 21.1 Å². The van der Waals surface area contributed by atoms with Crippen molar-refractivity contribution in [3.63, 3.8) is 0 Å². The van der Waals surface area contributed by atoms with Crippen LogP contribution in [0.3, 0.4) is 0 Å². The van der Waals surface area contributed by atoms with Crippen molar-refractivity contribution in [2.24, 2.45) is 0 Å². The summed E-state index contributed by atoms with van der Waals surface area (Å²) in [5.74, 6) is 0.715. The highest BCUT2D eigenvalue weighted by molar-refractivity contribution is 7.17. The average molecular weight is 300 g/mol. The number of carbonyl (C=O) groups is 1. The van der Waals surface area contributed by atoms with E-state index in [0.717, 1.165) is 11.3 Å². The number of carbonyl (C=O) groups excluding carboxylic acids is 1. The fourth-order valence-electron chi connectivity index (χ4n) is 1.38. The second kappa shape index (κ2) is 5.85. The number of rotatable bonds is 4. The van der Waals surface area contributed by atoms with Gasteiger partial charge in [-0.15, -0.1) is 10.2 Å². The monoisotopic (exact) mass is 299 g/mol. The van der Waals surface area contributed by atoms with Gasteiger partial charge in [0.25, 0.3) is 5.91 Å². The SMILES string of the molecule is COc1ccc(OC)c(NC(=O)c2nnc(Cl)s2)c1. The quantitative estimate of drug-likeness (QED) is 0.939. The fourth-order valence-corrected chi connectivity index (χ4v) is 2.11. The molecule has 0 aliphatic heterocycles. The Balaban J connectivity index is 2.24. The molecule has 0 aliphatic carbocycles. The number of methoxy groups -OCH3 is 2. The lowest BCUT2D eigenvalue weighted by Crippen LogP contribution is -2.12. The maximum atomic E-state index is 11.9. The summed E-state index contributed by atoms with van der Waals surface area (Å²) in [5, 5.41) is 10.1. The molecular formula is C11H10ClN3O3S. The van der Waals surface area contributed by atoms with Crippen molar-refractivity contribution < 1.29 is 14.3 Å². The topological polar surface area (TPSA) is 73.3 Å². The van der Waals surface area contributed by atoms with Gasteiger partial charge in [0.1, 0.15) is 11.5 Å². The van der Waals surface area contributed by atoms with Crippen molar-refractivity contribution in [3.05, 3.63) is 27.7 Å². The zero-order valence-electron chi connectivity index (χ0n) is 10.1. The Morgan fingerprint density at radius 2 is 2.11 bits per heavy atom. The number of nitrogens with zero attached hydrogens (tertiary/aromatic N) is 2. The number of anilines is 1. The van der Waals surface area contributed by atoms with Crippen LogP contribution in [-0.4, -0.2) is 30.3 Å². The first-order valence-corrected chi connectivity index (χ1v) is 6.36. The summed E-state index contributed by atoms with van der Waals surface area (Å²) in [6.45, 7) is 0. The van der Waals surface area contributed by atoms with Gasteiger partial charge < -0.3 is 14.8 Å². The molecule has 19 heavy (non-hydrogen) atoms. The molecule has 0 bridgehead atoms. The number of benzene rings is 1. The molecule has 1 aromatic heterocycles. The van der Waals surface area contributed by atoms with Gasteiger partial charge in [-0.3, -0.25) is 4.79 Å². The highest BCUT2D eigenvalue weighted by Gasteiger charge is 2.15. The van der Waals surface area contributed by atoms with Crippen molar-refractivity contribution in [2.75, 3.05) is 19.5 Å². The summed E-state index contributed by atoms with van der Waals surface area (Å²) in [4.78, 5) is 11.9. The molecule has 0 radical (unpaired) electrons. The molecule has 6 nitrogen and oxygen atoms in total. The summed E-state index contributed by atoms with van der Waals surface area (Å²) >= 11 is 6.63. The van der Waals surface area contributed by atoms with Crippen LogP contribution in [0, 0.1) is 0 Å². The number of nitrogens with one attached hydrogen (secondary N) is 1. The molecule has 1 N–H and O–H groups in total. The summed E-state index contributed by atoms with van der Waals surface area (Å²) < 4.78 is 10.5. The Bertz CT molecular complexity index is 603. The van der Waals surface area contributed by atoms with Gasteiger partial charge in [0.05, 0.1) is 19.9 Å². The Morgan fingerprint density at radius 1 is 1.32 bits per heavy atom. The summed E-state index contributed by atoms with van der Waals surface area (Å²) in [6.07, 6.45) is 0. The van der Waals surface area contributed by atoms with E-state index >= 15 is 0 Å². The van der Waals surface area contributed by atoms with Crippen LogP contribution in [0.2, 0.25) is 4.47 Å². The molecule has 0 atom stereocenters. The second-order valence-electron chi connectivity index (χ2n) is 3.38. The zero-order valence-corrected chi connectivity index (χ0v) is 11.7. The van der Waals surface area contributed by atoms with Gasteiger partial charge in [-0.2, -0.15) is 0 Å². The molecule has 0 saturated heterocycles. The molecule has 100 valence electrons. The van der Waals surface area contributed by atoms with Gasteiger partial charge in [0.15, 0.2) is 0 Å². The van der Waals surface area contributed by atoms with Crippen molar-refractivity contribution >= 4 is 34.5 Å². The first-order chi connectivity index (χ1) is 9.13. The van der Waals surface area contributed by atoms with E-state index < -0.39 is 5.91 Å². The highest BCUT2D eigenvalue weighted by atomic mass is 35.5. The molecule has 0 unspecified atom stereocenters. The molecule has 0 spiro atoms. The van der Waals surface area contributed by atoms with Gasteiger partial charge in [-0.1, -0.05) is 11.3 Å². The first kappa shape index (κ1) is 13.6.